The van der Waals surface area contributed by atoms with Crippen LogP contribution in [0.1, 0.15) is 33.6 Å². The summed E-state index contributed by atoms with van der Waals surface area (Å²) in [7, 11) is -2.99. The van der Waals surface area contributed by atoms with Crippen LogP contribution in [0.5, 0.6) is 0 Å². The first-order valence-corrected chi connectivity index (χ1v) is 7.85. The maximum Gasteiger partial charge on any atom is 0.220 e. The van der Waals surface area contributed by atoms with Gasteiger partial charge in [0.05, 0.1) is 11.3 Å². The fourth-order valence-electron chi connectivity index (χ4n) is 1.31. The molecule has 0 radical (unpaired) electrons. The molecule has 1 amide bonds. The van der Waals surface area contributed by atoms with E-state index in [-0.39, 0.29) is 36.4 Å². The summed E-state index contributed by atoms with van der Waals surface area (Å²) in [5, 5.41) is 2.87. The lowest BCUT2D eigenvalue weighted by molar-refractivity contribution is -0.123. The topological polar surface area (TPSA) is 89.3 Å². The van der Waals surface area contributed by atoms with Crippen molar-refractivity contribution < 1.29 is 13.2 Å². The average Bonchev–Trinajstić information content (AvgIpc) is 2.15. The SMILES string of the molecule is CC(C)C(C)(CN)NC(=O)CCCS(C)(=O)=O.Cl. The molecule has 0 aromatic heterocycles. The van der Waals surface area contributed by atoms with Gasteiger partial charge in [-0.25, -0.2) is 8.42 Å². The lowest BCUT2D eigenvalue weighted by Crippen LogP contribution is -2.55. The van der Waals surface area contributed by atoms with Crippen LogP contribution < -0.4 is 11.1 Å². The van der Waals surface area contributed by atoms with Gasteiger partial charge in [0.15, 0.2) is 0 Å². The number of carbonyl (C=O) groups is 1. The van der Waals surface area contributed by atoms with E-state index in [9.17, 15) is 13.2 Å². The molecule has 0 aliphatic heterocycles. The van der Waals surface area contributed by atoms with E-state index in [1.54, 1.807) is 0 Å². The molecular formula is C11H25ClN2O3S. The Kier molecular flexibility index (Phi) is 8.85. The number of sulfone groups is 1. The highest BCUT2D eigenvalue weighted by Crippen LogP contribution is 2.15. The van der Waals surface area contributed by atoms with Gasteiger partial charge in [0, 0.05) is 19.2 Å². The highest BCUT2D eigenvalue weighted by Gasteiger charge is 2.28. The number of hydrogen-bond donors (Lipinski definition) is 2. The molecule has 0 aliphatic carbocycles. The highest BCUT2D eigenvalue weighted by atomic mass is 35.5. The van der Waals surface area contributed by atoms with Crippen molar-refractivity contribution in [2.24, 2.45) is 11.7 Å². The van der Waals surface area contributed by atoms with Crippen molar-refractivity contribution >= 4 is 28.2 Å². The van der Waals surface area contributed by atoms with Crippen LogP contribution in [0.4, 0.5) is 0 Å². The summed E-state index contributed by atoms with van der Waals surface area (Å²) in [6.07, 6.45) is 1.74. The first-order chi connectivity index (χ1) is 7.60. The number of nitrogens with two attached hydrogens (primary N) is 1. The van der Waals surface area contributed by atoms with E-state index in [0.717, 1.165) is 0 Å². The first kappa shape index (κ1) is 20.0. The van der Waals surface area contributed by atoms with Gasteiger partial charge in [0.2, 0.25) is 5.91 Å². The normalized spacial score (nSPS) is 14.8. The Morgan fingerprint density at radius 2 is 1.89 bits per heavy atom. The van der Waals surface area contributed by atoms with Crippen LogP contribution in [0.15, 0.2) is 0 Å². The minimum atomic E-state index is -2.99. The molecule has 5 nitrogen and oxygen atoms in total. The molecule has 110 valence electrons. The van der Waals surface area contributed by atoms with Crippen LogP contribution in [0, 0.1) is 5.92 Å². The second-order valence-electron chi connectivity index (χ2n) is 5.06. The number of carbonyl (C=O) groups excluding carboxylic acids is 1. The maximum absolute atomic E-state index is 11.6. The molecule has 0 aliphatic rings. The monoisotopic (exact) mass is 300 g/mol. The van der Waals surface area contributed by atoms with Gasteiger partial charge in [-0.15, -0.1) is 12.4 Å². The second kappa shape index (κ2) is 7.96. The molecule has 1 atom stereocenters. The standard InChI is InChI=1S/C11H24N2O3S.ClH/c1-9(2)11(3,8-12)13-10(14)6-5-7-17(4,15)16;/h9H,5-8,12H2,1-4H3,(H,13,14);1H. The zero-order valence-electron chi connectivity index (χ0n) is 11.5. The fraction of sp³-hybridized carbons (Fsp3) is 0.909. The predicted molar refractivity (Wildman–Crippen MR) is 76.6 cm³/mol. The summed E-state index contributed by atoms with van der Waals surface area (Å²) in [4.78, 5) is 11.6. The van der Waals surface area contributed by atoms with Crippen molar-refractivity contribution in [3.05, 3.63) is 0 Å². The van der Waals surface area contributed by atoms with Gasteiger partial charge < -0.3 is 11.1 Å². The molecule has 0 aromatic rings. The van der Waals surface area contributed by atoms with E-state index < -0.39 is 15.4 Å². The van der Waals surface area contributed by atoms with Gasteiger partial charge in [-0.3, -0.25) is 4.79 Å². The van der Waals surface area contributed by atoms with Crippen molar-refractivity contribution in [2.45, 2.75) is 39.2 Å². The Morgan fingerprint density at radius 3 is 2.22 bits per heavy atom. The van der Waals surface area contributed by atoms with Gasteiger partial charge >= 0.3 is 0 Å². The molecule has 0 bridgehead atoms. The average molecular weight is 301 g/mol. The highest BCUT2D eigenvalue weighted by molar-refractivity contribution is 7.90. The van der Waals surface area contributed by atoms with Gasteiger partial charge in [0.1, 0.15) is 9.84 Å². The van der Waals surface area contributed by atoms with E-state index in [1.165, 1.54) is 6.26 Å². The summed E-state index contributed by atoms with van der Waals surface area (Å²) in [5.41, 5.74) is 5.22. The Morgan fingerprint density at radius 1 is 1.39 bits per heavy atom. The molecule has 0 fully saturated rings. The summed E-state index contributed by atoms with van der Waals surface area (Å²) in [6, 6.07) is 0. The molecule has 18 heavy (non-hydrogen) atoms. The number of nitrogens with one attached hydrogen (secondary N) is 1. The second-order valence-corrected chi connectivity index (χ2v) is 7.32. The third-order valence-electron chi connectivity index (χ3n) is 3.04. The smallest absolute Gasteiger partial charge is 0.220 e. The summed E-state index contributed by atoms with van der Waals surface area (Å²) >= 11 is 0. The van der Waals surface area contributed by atoms with Crippen LogP contribution in [0.25, 0.3) is 0 Å². The Labute approximate surface area is 116 Å². The largest absolute Gasteiger partial charge is 0.349 e. The fourth-order valence-corrected chi connectivity index (χ4v) is 1.98. The molecule has 3 N–H and O–H groups in total. The molecule has 0 saturated carbocycles. The third kappa shape index (κ3) is 7.89. The van der Waals surface area contributed by atoms with Crippen molar-refractivity contribution in [2.75, 3.05) is 18.6 Å². The van der Waals surface area contributed by atoms with E-state index in [0.29, 0.717) is 13.0 Å². The van der Waals surface area contributed by atoms with Crippen molar-refractivity contribution in [1.82, 2.24) is 5.32 Å². The van der Waals surface area contributed by atoms with Crippen LogP contribution in [0.2, 0.25) is 0 Å². The minimum Gasteiger partial charge on any atom is -0.349 e. The van der Waals surface area contributed by atoms with E-state index in [2.05, 4.69) is 5.32 Å². The minimum absolute atomic E-state index is 0. The van der Waals surface area contributed by atoms with Crippen LogP contribution in [0.3, 0.4) is 0 Å². The molecule has 0 heterocycles. The van der Waals surface area contributed by atoms with E-state index in [1.807, 2.05) is 20.8 Å². The Balaban J connectivity index is 0. The molecule has 0 aromatic carbocycles. The van der Waals surface area contributed by atoms with Crippen molar-refractivity contribution in [1.29, 1.82) is 0 Å². The van der Waals surface area contributed by atoms with Crippen LogP contribution in [-0.2, 0) is 14.6 Å². The van der Waals surface area contributed by atoms with E-state index in [4.69, 9.17) is 5.73 Å². The molecule has 1 unspecified atom stereocenters. The summed E-state index contributed by atoms with van der Waals surface area (Å²) < 4.78 is 21.8. The van der Waals surface area contributed by atoms with E-state index >= 15 is 0 Å². The van der Waals surface area contributed by atoms with Crippen LogP contribution >= 0.6 is 12.4 Å². The molecule has 0 saturated heterocycles. The maximum atomic E-state index is 11.6. The zero-order valence-corrected chi connectivity index (χ0v) is 13.2. The molecular weight excluding hydrogens is 276 g/mol. The Hall–Kier alpha value is -0.330. The number of rotatable bonds is 7. The third-order valence-corrected chi connectivity index (χ3v) is 4.07. The number of hydrogen-bond acceptors (Lipinski definition) is 4. The summed E-state index contributed by atoms with van der Waals surface area (Å²) in [6.45, 7) is 6.24. The quantitative estimate of drug-likeness (QED) is 0.725. The molecule has 7 heteroatoms. The summed E-state index contributed by atoms with van der Waals surface area (Å²) in [5.74, 6) is 0.128. The van der Waals surface area contributed by atoms with Crippen molar-refractivity contribution in [3.63, 3.8) is 0 Å². The zero-order chi connectivity index (χ0) is 13.7. The lowest BCUT2D eigenvalue weighted by Gasteiger charge is -2.33. The first-order valence-electron chi connectivity index (χ1n) is 5.79. The molecule has 0 rings (SSSR count). The number of halogens is 1. The van der Waals surface area contributed by atoms with Gasteiger partial charge in [0.25, 0.3) is 0 Å². The lowest BCUT2D eigenvalue weighted by atomic mass is 9.88. The van der Waals surface area contributed by atoms with Gasteiger partial charge in [-0.2, -0.15) is 0 Å². The molecule has 0 spiro atoms. The van der Waals surface area contributed by atoms with Gasteiger partial charge in [-0.1, -0.05) is 13.8 Å². The Bertz CT molecular complexity index is 357. The number of amides is 1. The van der Waals surface area contributed by atoms with Gasteiger partial charge in [-0.05, 0) is 19.3 Å². The van der Waals surface area contributed by atoms with Crippen molar-refractivity contribution in [3.8, 4) is 0 Å². The van der Waals surface area contributed by atoms with Crippen LogP contribution in [-0.4, -0.2) is 38.4 Å². The predicted octanol–water partition coefficient (Wildman–Crippen LogP) is 0.723.